The van der Waals surface area contributed by atoms with Gasteiger partial charge in [-0.3, -0.25) is 4.79 Å². The van der Waals surface area contributed by atoms with Gasteiger partial charge < -0.3 is 9.84 Å². The van der Waals surface area contributed by atoms with Crippen LogP contribution in [0.2, 0.25) is 0 Å². The quantitative estimate of drug-likeness (QED) is 0.548. The molecule has 1 heterocycles. The van der Waals surface area contributed by atoms with Crippen molar-refractivity contribution in [1.29, 1.82) is 0 Å². The summed E-state index contributed by atoms with van der Waals surface area (Å²) in [5, 5.41) is 9.60. The highest BCUT2D eigenvalue weighted by Crippen LogP contribution is 2.33. The van der Waals surface area contributed by atoms with Crippen molar-refractivity contribution in [3.05, 3.63) is 0 Å². The maximum atomic E-state index is 10.9. The van der Waals surface area contributed by atoms with Gasteiger partial charge in [-0.15, -0.1) is 0 Å². The van der Waals surface area contributed by atoms with E-state index >= 15 is 0 Å². The molecule has 1 saturated carbocycles. The average Bonchev–Trinajstić information content (AvgIpc) is 2.33. The number of carbonyl (C=O) groups excluding carboxylic acids is 1. The van der Waals surface area contributed by atoms with E-state index in [1.165, 1.54) is 0 Å². The van der Waals surface area contributed by atoms with Crippen LogP contribution in [-0.2, 0) is 9.53 Å². The van der Waals surface area contributed by atoms with Crippen LogP contribution in [0.4, 0.5) is 0 Å². The fraction of sp³-hybridized carbons (Fsp3) is 0.889. The summed E-state index contributed by atoms with van der Waals surface area (Å²) >= 11 is 0. The Bertz CT molecular complexity index is 190. The van der Waals surface area contributed by atoms with E-state index in [0.717, 1.165) is 25.7 Å². The molecule has 3 nitrogen and oxygen atoms in total. The summed E-state index contributed by atoms with van der Waals surface area (Å²) in [5.41, 5.74) is 0. The third-order valence-corrected chi connectivity index (χ3v) is 2.87. The van der Waals surface area contributed by atoms with Gasteiger partial charge in [0.1, 0.15) is 6.10 Å². The topological polar surface area (TPSA) is 46.5 Å². The van der Waals surface area contributed by atoms with E-state index in [1.54, 1.807) is 0 Å². The first-order chi connectivity index (χ1) is 5.77. The third-order valence-electron chi connectivity index (χ3n) is 2.87. The van der Waals surface area contributed by atoms with Crippen LogP contribution < -0.4 is 0 Å². The summed E-state index contributed by atoms with van der Waals surface area (Å²) in [6, 6.07) is 0. The minimum Gasteiger partial charge on any atom is -0.459 e. The Morgan fingerprint density at radius 2 is 2.08 bits per heavy atom. The second-order valence-corrected chi connectivity index (χ2v) is 3.77. The molecule has 3 heteroatoms. The molecule has 1 aliphatic heterocycles. The van der Waals surface area contributed by atoms with Crippen LogP contribution in [0.3, 0.4) is 0 Å². The highest BCUT2D eigenvalue weighted by atomic mass is 16.6. The molecule has 0 bridgehead atoms. The van der Waals surface area contributed by atoms with Crippen LogP contribution in [0, 0.1) is 5.92 Å². The Hall–Kier alpha value is -0.570. The summed E-state index contributed by atoms with van der Waals surface area (Å²) in [7, 11) is 0. The molecule has 0 aromatic rings. The molecule has 0 spiro atoms. The van der Waals surface area contributed by atoms with E-state index in [2.05, 4.69) is 0 Å². The number of carbonyl (C=O) groups is 1. The molecule has 0 radical (unpaired) electrons. The second kappa shape index (κ2) is 3.05. The van der Waals surface area contributed by atoms with Crippen LogP contribution in [0.25, 0.3) is 0 Å². The first-order valence-electron chi connectivity index (χ1n) is 4.65. The lowest BCUT2D eigenvalue weighted by atomic mass is 9.95. The maximum absolute atomic E-state index is 10.9. The standard InChI is InChI=1S/C9H14O3/c10-7-4-2-1-3-6-5-8(11)12-9(6)7/h6-7,9-10H,1-5H2/t6-,7-,9+/m0/s1. The van der Waals surface area contributed by atoms with Crippen molar-refractivity contribution in [3.8, 4) is 0 Å². The number of rotatable bonds is 0. The van der Waals surface area contributed by atoms with Gasteiger partial charge in [0.25, 0.3) is 0 Å². The SMILES string of the molecule is O=C1C[C@@H]2CCCC[C@H](O)[C@@H]2O1. The molecule has 0 amide bonds. The molecule has 68 valence electrons. The smallest absolute Gasteiger partial charge is 0.306 e. The van der Waals surface area contributed by atoms with Gasteiger partial charge in [-0.25, -0.2) is 0 Å². The Kier molecular flexibility index (Phi) is 2.05. The fourth-order valence-electron chi connectivity index (χ4n) is 2.21. The van der Waals surface area contributed by atoms with Gasteiger partial charge in [-0.2, -0.15) is 0 Å². The molecule has 0 unspecified atom stereocenters. The maximum Gasteiger partial charge on any atom is 0.306 e. The zero-order valence-corrected chi connectivity index (χ0v) is 7.03. The number of aliphatic hydroxyl groups is 1. The largest absolute Gasteiger partial charge is 0.459 e. The molecule has 1 saturated heterocycles. The lowest BCUT2D eigenvalue weighted by molar-refractivity contribution is -0.145. The molecule has 3 atom stereocenters. The van der Waals surface area contributed by atoms with Crippen molar-refractivity contribution in [2.75, 3.05) is 0 Å². The molecular formula is C9H14O3. The average molecular weight is 170 g/mol. The summed E-state index contributed by atoms with van der Waals surface area (Å²) in [5.74, 6) is 0.154. The van der Waals surface area contributed by atoms with Crippen LogP contribution >= 0.6 is 0 Å². The van der Waals surface area contributed by atoms with E-state index < -0.39 is 6.10 Å². The first kappa shape index (κ1) is 8.05. The number of hydrogen-bond donors (Lipinski definition) is 1. The van der Waals surface area contributed by atoms with E-state index in [0.29, 0.717) is 6.42 Å². The van der Waals surface area contributed by atoms with Crippen molar-refractivity contribution in [1.82, 2.24) is 0 Å². The van der Waals surface area contributed by atoms with Gasteiger partial charge in [0.05, 0.1) is 12.5 Å². The van der Waals surface area contributed by atoms with Crippen molar-refractivity contribution in [2.45, 2.75) is 44.3 Å². The fourth-order valence-corrected chi connectivity index (χ4v) is 2.21. The number of fused-ring (bicyclic) bond motifs is 1. The van der Waals surface area contributed by atoms with Gasteiger partial charge in [-0.1, -0.05) is 12.8 Å². The van der Waals surface area contributed by atoms with E-state index in [4.69, 9.17) is 4.74 Å². The Morgan fingerprint density at radius 1 is 1.33 bits per heavy atom. The van der Waals surface area contributed by atoms with Crippen LogP contribution in [-0.4, -0.2) is 23.3 Å². The van der Waals surface area contributed by atoms with E-state index in [1.807, 2.05) is 0 Å². The number of aliphatic hydroxyl groups excluding tert-OH is 1. The van der Waals surface area contributed by atoms with E-state index in [9.17, 15) is 9.90 Å². The lowest BCUT2D eigenvalue weighted by Crippen LogP contribution is -2.29. The molecule has 2 fully saturated rings. The molecule has 0 aromatic carbocycles. The zero-order chi connectivity index (χ0) is 8.55. The predicted octanol–water partition coefficient (Wildman–Crippen LogP) is 0.853. The van der Waals surface area contributed by atoms with Crippen LogP contribution in [0.5, 0.6) is 0 Å². The highest BCUT2D eigenvalue weighted by molar-refractivity contribution is 5.72. The Balaban J connectivity index is 2.09. The summed E-state index contributed by atoms with van der Waals surface area (Å²) in [6.07, 6.45) is 3.91. The summed E-state index contributed by atoms with van der Waals surface area (Å²) in [6.45, 7) is 0. The number of ether oxygens (including phenoxy) is 1. The van der Waals surface area contributed by atoms with Crippen molar-refractivity contribution in [2.24, 2.45) is 5.92 Å². The first-order valence-corrected chi connectivity index (χ1v) is 4.65. The van der Waals surface area contributed by atoms with Gasteiger partial charge in [0.2, 0.25) is 0 Å². The molecule has 1 aliphatic carbocycles. The molecule has 2 aliphatic rings. The Morgan fingerprint density at radius 3 is 2.92 bits per heavy atom. The highest BCUT2D eigenvalue weighted by Gasteiger charge is 2.40. The lowest BCUT2D eigenvalue weighted by Gasteiger charge is -2.18. The summed E-state index contributed by atoms with van der Waals surface area (Å²) < 4.78 is 5.07. The van der Waals surface area contributed by atoms with Crippen molar-refractivity contribution in [3.63, 3.8) is 0 Å². The second-order valence-electron chi connectivity index (χ2n) is 3.77. The summed E-state index contributed by atoms with van der Waals surface area (Å²) in [4.78, 5) is 10.9. The van der Waals surface area contributed by atoms with Gasteiger partial charge in [0.15, 0.2) is 0 Å². The third kappa shape index (κ3) is 1.33. The molecule has 12 heavy (non-hydrogen) atoms. The number of esters is 1. The molecule has 2 rings (SSSR count). The predicted molar refractivity (Wildman–Crippen MR) is 42.5 cm³/mol. The molecule has 0 aromatic heterocycles. The molecular weight excluding hydrogens is 156 g/mol. The van der Waals surface area contributed by atoms with Gasteiger partial charge in [-0.05, 0) is 12.8 Å². The zero-order valence-electron chi connectivity index (χ0n) is 7.03. The van der Waals surface area contributed by atoms with Crippen LogP contribution in [0.15, 0.2) is 0 Å². The molecule has 1 N–H and O–H groups in total. The normalized spacial score (nSPS) is 41.8. The minimum atomic E-state index is -0.413. The van der Waals surface area contributed by atoms with Crippen molar-refractivity contribution < 1.29 is 14.6 Å². The Labute approximate surface area is 71.7 Å². The number of hydrogen-bond acceptors (Lipinski definition) is 3. The van der Waals surface area contributed by atoms with Crippen molar-refractivity contribution >= 4 is 5.97 Å². The van der Waals surface area contributed by atoms with Gasteiger partial charge in [0, 0.05) is 5.92 Å². The monoisotopic (exact) mass is 170 g/mol. The van der Waals surface area contributed by atoms with Gasteiger partial charge >= 0.3 is 5.97 Å². The van der Waals surface area contributed by atoms with Crippen LogP contribution in [0.1, 0.15) is 32.1 Å². The minimum absolute atomic E-state index is 0.133. The van der Waals surface area contributed by atoms with E-state index in [-0.39, 0.29) is 18.0 Å².